The van der Waals surface area contributed by atoms with Gasteiger partial charge in [0.2, 0.25) is 5.91 Å². The topological polar surface area (TPSA) is 66.8 Å². The number of carbonyl (C=O) groups excluding carboxylic acids is 1. The molecule has 1 aliphatic heterocycles. The Morgan fingerprint density at radius 3 is 2.57 bits per heavy atom. The van der Waals surface area contributed by atoms with Crippen LogP contribution in [0.5, 0.6) is 0 Å². The zero-order valence-electron chi connectivity index (χ0n) is 13.2. The first-order valence-electron chi connectivity index (χ1n) is 7.97. The predicted octanol–water partition coefficient (Wildman–Crippen LogP) is 2.57. The Labute approximate surface area is 136 Å². The molecule has 0 radical (unpaired) electrons. The van der Waals surface area contributed by atoms with E-state index in [0.717, 1.165) is 5.56 Å². The van der Waals surface area contributed by atoms with Crippen LogP contribution in [0.15, 0.2) is 36.4 Å². The van der Waals surface area contributed by atoms with Crippen LogP contribution in [0.2, 0.25) is 0 Å². The maximum atomic E-state index is 12.4. The van der Waals surface area contributed by atoms with Crippen LogP contribution in [0, 0.1) is 0 Å². The lowest BCUT2D eigenvalue weighted by Gasteiger charge is -2.33. The second-order valence-corrected chi connectivity index (χ2v) is 5.61. The van der Waals surface area contributed by atoms with Crippen LogP contribution < -0.4 is 0 Å². The minimum absolute atomic E-state index is 0.0227. The fraction of sp³-hybridized carbons (Fsp3) is 0.444. The number of carboxylic acid groups (broad SMARTS) is 1. The molecule has 0 atom stereocenters. The fourth-order valence-electron chi connectivity index (χ4n) is 2.70. The second kappa shape index (κ2) is 9.10. The summed E-state index contributed by atoms with van der Waals surface area (Å²) in [5.41, 5.74) is 1.09. The van der Waals surface area contributed by atoms with Gasteiger partial charge in [0, 0.05) is 25.7 Å². The molecule has 2 rings (SSSR count). The van der Waals surface area contributed by atoms with Gasteiger partial charge in [0.15, 0.2) is 0 Å². The Morgan fingerprint density at radius 1 is 1.22 bits per heavy atom. The average molecular weight is 317 g/mol. The number of aliphatic carboxylic acids is 1. The summed E-state index contributed by atoms with van der Waals surface area (Å²) in [6.07, 6.45) is 6.28. The summed E-state index contributed by atoms with van der Waals surface area (Å²) < 4.78 is 5.29. The highest BCUT2D eigenvalue weighted by Crippen LogP contribution is 2.16. The summed E-state index contributed by atoms with van der Waals surface area (Å²) in [5.74, 6) is -1.07. The van der Waals surface area contributed by atoms with Crippen LogP contribution in [0.1, 0.15) is 31.2 Å². The largest absolute Gasteiger partial charge is 0.480 e. The summed E-state index contributed by atoms with van der Waals surface area (Å²) >= 11 is 0. The number of nitrogens with zero attached hydrogens (tertiary/aromatic N) is 1. The van der Waals surface area contributed by atoms with Crippen molar-refractivity contribution in [2.45, 2.75) is 31.7 Å². The van der Waals surface area contributed by atoms with E-state index in [2.05, 4.69) is 0 Å². The van der Waals surface area contributed by atoms with Crippen LogP contribution >= 0.6 is 0 Å². The summed E-state index contributed by atoms with van der Waals surface area (Å²) in [6.45, 7) is 0.940. The number of benzene rings is 1. The molecule has 0 unspecified atom stereocenters. The lowest BCUT2D eigenvalue weighted by Crippen LogP contribution is -2.45. The van der Waals surface area contributed by atoms with E-state index >= 15 is 0 Å². The molecule has 0 bridgehead atoms. The molecule has 5 nitrogen and oxygen atoms in total. The van der Waals surface area contributed by atoms with E-state index < -0.39 is 5.97 Å². The SMILES string of the molecule is O=C(O)CN(C(=O)CC/C=C/c1ccccc1)C1CCOCC1. The molecular formula is C18H23NO4. The summed E-state index contributed by atoms with van der Waals surface area (Å²) in [5, 5.41) is 9.04. The number of hydrogen-bond donors (Lipinski definition) is 1. The van der Waals surface area contributed by atoms with Crippen molar-refractivity contribution in [3.8, 4) is 0 Å². The summed E-state index contributed by atoms with van der Waals surface area (Å²) in [4.78, 5) is 24.9. The molecular weight excluding hydrogens is 294 g/mol. The Balaban J connectivity index is 1.86. The molecule has 1 aromatic carbocycles. The molecule has 1 aromatic rings. The van der Waals surface area contributed by atoms with Gasteiger partial charge in [0.05, 0.1) is 0 Å². The number of ether oxygens (including phenoxy) is 1. The van der Waals surface area contributed by atoms with E-state index in [1.807, 2.05) is 42.5 Å². The third-order valence-electron chi connectivity index (χ3n) is 3.89. The van der Waals surface area contributed by atoms with E-state index in [4.69, 9.17) is 9.84 Å². The van der Waals surface area contributed by atoms with Crippen molar-refractivity contribution in [3.05, 3.63) is 42.0 Å². The molecule has 1 N–H and O–H groups in total. The molecule has 0 spiro atoms. The number of amides is 1. The highest BCUT2D eigenvalue weighted by Gasteiger charge is 2.26. The van der Waals surface area contributed by atoms with Gasteiger partial charge in [-0.25, -0.2) is 0 Å². The lowest BCUT2D eigenvalue weighted by atomic mass is 10.1. The minimum atomic E-state index is -0.968. The van der Waals surface area contributed by atoms with Crippen LogP contribution in [0.4, 0.5) is 0 Å². The van der Waals surface area contributed by atoms with Crippen LogP contribution in [0.3, 0.4) is 0 Å². The van der Waals surface area contributed by atoms with E-state index in [1.165, 1.54) is 4.90 Å². The Bertz CT molecular complexity index is 535. The normalized spacial score (nSPS) is 15.7. The molecule has 1 fully saturated rings. The molecule has 0 saturated carbocycles. The van der Waals surface area contributed by atoms with E-state index in [1.54, 1.807) is 0 Å². The first kappa shape index (κ1) is 17.2. The lowest BCUT2D eigenvalue weighted by molar-refractivity contribution is -0.147. The van der Waals surface area contributed by atoms with E-state index in [-0.39, 0.29) is 18.5 Å². The number of carbonyl (C=O) groups is 2. The van der Waals surface area contributed by atoms with Gasteiger partial charge in [0.1, 0.15) is 6.54 Å². The number of carboxylic acids is 1. The zero-order chi connectivity index (χ0) is 16.5. The van der Waals surface area contributed by atoms with Crippen LogP contribution in [-0.2, 0) is 14.3 Å². The van der Waals surface area contributed by atoms with Crippen molar-refractivity contribution in [3.63, 3.8) is 0 Å². The van der Waals surface area contributed by atoms with Gasteiger partial charge in [-0.1, -0.05) is 42.5 Å². The second-order valence-electron chi connectivity index (χ2n) is 5.61. The third kappa shape index (κ3) is 5.87. The number of allylic oxidation sites excluding steroid dienone is 1. The third-order valence-corrected chi connectivity index (χ3v) is 3.89. The van der Waals surface area contributed by atoms with Gasteiger partial charge < -0.3 is 14.7 Å². The van der Waals surface area contributed by atoms with E-state index in [0.29, 0.717) is 38.9 Å². The summed E-state index contributed by atoms with van der Waals surface area (Å²) in [7, 11) is 0. The molecule has 124 valence electrons. The first-order valence-corrected chi connectivity index (χ1v) is 7.97. The molecule has 0 aromatic heterocycles. The van der Waals surface area contributed by atoms with Crippen molar-refractivity contribution in [1.82, 2.24) is 4.90 Å². The Hall–Kier alpha value is -2.14. The Morgan fingerprint density at radius 2 is 1.91 bits per heavy atom. The van der Waals surface area contributed by atoms with E-state index in [9.17, 15) is 9.59 Å². The predicted molar refractivity (Wildman–Crippen MR) is 87.9 cm³/mol. The molecule has 23 heavy (non-hydrogen) atoms. The number of rotatable bonds is 7. The minimum Gasteiger partial charge on any atom is -0.480 e. The molecule has 0 aliphatic carbocycles. The number of hydrogen-bond acceptors (Lipinski definition) is 3. The zero-order valence-corrected chi connectivity index (χ0v) is 13.2. The monoisotopic (exact) mass is 317 g/mol. The fourth-order valence-corrected chi connectivity index (χ4v) is 2.70. The standard InChI is InChI=1S/C18H23NO4/c20-17(9-5-4-8-15-6-2-1-3-7-15)19(14-18(21)22)16-10-12-23-13-11-16/h1-4,6-8,16H,5,9-14H2,(H,21,22)/b8-4+. The molecule has 1 saturated heterocycles. The summed E-state index contributed by atoms with van der Waals surface area (Å²) in [6, 6.07) is 9.85. The van der Waals surface area contributed by atoms with Gasteiger partial charge in [-0.3, -0.25) is 9.59 Å². The van der Waals surface area contributed by atoms with Crippen LogP contribution in [0.25, 0.3) is 6.08 Å². The molecule has 1 amide bonds. The maximum absolute atomic E-state index is 12.4. The average Bonchev–Trinajstić information content (AvgIpc) is 2.58. The van der Waals surface area contributed by atoms with Crippen LogP contribution in [-0.4, -0.2) is 47.7 Å². The highest BCUT2D eigenvalue weighted by atomic mass is 16.5. The van der Waals surface area contributed by atoms with Gasteiger partial charge in [-0.2, -0.15) is 0 Å². The van der Waals surface area contributed by atoms with Gasteiger partial charge in [-0.15, -0.1) is 0 Å². The van der Waals surface area contributed by atoms with Gasteiger partial charge in [-0.05, 0) is 24.8 Å². The van der Waals surface area contributed by atoms with Crippen molar-refractivity contribution in [1.29, 1.82) is 0 Å². The van der Waals surface area contributed by atoms with Gasteiger partial charge >= 0.3 is 5.97 Å². The quantitative estimate of drug-likeness (QED) is 0.839. The molecule has 1 heterocycles. The first-order chi connectivity index (χ1) is 11.2. The van der Waals surface area contributed by atoms with Crippen molar-refractivity contribution in [2.75, 3.05) is 19.8 Å². The highest BCUT2D eigenvalue weighted by molar-refractivity contribution is 5.81. The maximum Gasteiger partial charge on any atom is 0.323 e. The van der Waals surface area contributed by atoms with Crippen molar-refractivity contribution < 1.29 is 19.4 Å². The molecule has 5 heteroatoms. The Kier molecular flexibility index (Phi) is 6.81. The smallest absolute Gasteiger partial charge is 0.323 e. The van der Waals surface area contributed by atoms with Crippen molar-refractivity contribution >= 4 is 18.0 Å². The van der Waals surface area contributed by atoms with Crippen molar-refractivity contribution in [2.24, 2.45) is 0 Å². The van der Waals surface area contributed by atoms with Gasteiger partial charge in [0.25, 0.3) is 0 Å². The molecule has 1 aliphatic rings.